The molecule has 0 aliphatic carbocycles. The normalized spacial score (nSPS) is 17.3. The lowest BCUT2D eigenvalue weighted by Gasteiger charge is -2.47. The molecule has 2 saturated heterocycles. The van der Waals surface area contributed by atoms with Gasteiger partial charge in [0.2, 0.25) is 5.95 Å². The highest BCUT2D eigenvalue weighted by atomic mass is 19.3. The number of piperidine rings is 1. The summed E-state index contributed by atoms with van der Waals surface area (Å²) in [6.45, 7) is -0.257. The Hall–Kier alpha value is -3.40. The predicted octanol–water partition coefficient (Wildman–Crippen LogP) is 4.04. The first kappa shape index (κ1) is 20.5. The molecule has 32 heavy (non-hydrogen) atoms. The molecule has 0 bridgehead atoms. The fraction of sp³-hybridized carbons (Fsp3) is 0.364. The Bertz CT molecular complexity index is 1070. The van der Waals surface area contributed by atoms with Crippen LogP contribution in [0.5, 0.6) is 5.75 Å². The molecular formula is C22H22F2N6O2. The fourth-order valence-corrected chi connectivity index (χ4v) is 4.02. The summed E-state index contributed by atoms with van der Waals surface area (Å²) in [4.78, 5) is 11.2. The van der Waals surface area contributed by atoms with Crippen LogP contribution in [-0.2, 0) is 4.74 Å². The number of hydrogen-bond acceptors (Lipinski definition) is 8. The Kier molecular flexibility index (Phi) is 5.52. The summed E-state index contributed by atoms with van der Waals surface area (Å²) in [5.74, 6) is 1.90. The number of ether oxygens (including phenoxy) is 2. The van der Waals surface area contributed by atoms with Crippen molar-refractivity contribution in [1.29, 1.82) is 0 Å². The first-order valence-corrected chi connectivity index (χ1v) is 10.5. The van der Waals surface area contributed by atoms with Crippen LogP contribution in [0.25, 0.3) is 11.1 Å². The monoisotopic (exact) mass is 440 g/mol. The van der Waals surface area contributed by atoms with Crippen molar-refractivity contribution in [2.75, 3.05) is 29.9 Å². The number of rotatable bonds is 6. The molecule has 1 N–H and O–H groups in total. The van der Waals surface area contributed by atoms with Gasteiger partial charge in [0.15, 0.2) is 5.82 Å². The SMILES string of the molecule is FC(F)Oc1ccc(-c2cnnc(Nc3ccnc(N4CCC5(CCO5)CC4)n3)c2)cc1. The summed E-state index contributed by atoms with van der Waals surface area (Å²) in [5.41, 5.74) is 1.65. The van der Waals surface area contributed by atoms with Crippen LogP contribution in [-0.4, -0.2) is 52.1 Å². The van der Waals surface area contributed by atoms with E-state index in [2.05, 4.69) is 35.1 Å². The molecule has 2 fully saturated rings. The highest BCUT2D eigenvalue weighted by Crippen LogP contribution is 2.37. The van der Waals surface area contributed by atoms with Crippen LogP contribution in [0.3, 0.4) is 0 Å². The van der Waals surface area contributed by atoms with E-state index in [1.165, 1.54) is 12.1 Å². The van der Waals surface area contributed by atoms with E-state index in [1.54, 1.807) is 30.6 Å². The van der Waals surface area contributed by atoms with Gasteiger partial charge in [0.1, 0.15) is 11.6 Å². The van der Waals surface area contributed by atoms with Crippen LogP contribution in [0.1, 0.15) is 19.3 Å². The number of aromatic nitrogens is 4. The second kappa shape index (κ2) is 8.62. The van der Waals surface area contributed by atoms with Gasteiger partial charge < -0.3 is 19.7 Å². The molecule has 1 spiro atoms. The third-order valence-electron chi connectivity index (χ3n) is 5.89. The van der Waals surface area contributed by atoms with Gasteiger partial charge in [-0.2, -0.15) is 18.9 Å². The topological polar surface area (TPSA) is 85.3 Å². The zero-order valence-corrected chi connectivity index (χ0v) is 17.2. The average molecular weight is 440 g/mol. The van der Waals surface area contributed by atoms with Gasteiger partial charge in [0, 0.05) is 24.8 Å². The predicted molar refractivity (Wildman–Crippen MR) is 114 cm³/mol. The largest absolute Gasteiger partial charge is 0.435 e. The van der Waals surface area contributed by atoms with Crippen LogP contribution in [0.4, 0.5) is 26.4 Å². The number of halogens is 2. The molecule has 1 aromatic carbocycles. The second-order valence-corrected chi connectivity index (χ2v) is 7.87. The van der Waals surface area contributed by atoms with E-state index >= 15 is 0 Å². The third-order valence-corrected chi connectivity index (χ3v) is 5.89. The Morgan fingerprint density at radius 3 is 2.50 bits per heavy atom. The lowest BCUT2D eigenvalue weighted by molar-refractivity contribution is -0.158. The maximum Gasteiger partial charge on any atom is 0.387 e. The van der Waals surface area contributed by atoms with Crippen molar-refractivity contribution in [2.45, 2.75) is 31.5 Å². The van der Waals surface area contributed by atoms with E-state index in [-0.39, 0.29) is 11.4 Å². The summed E-state index contributed by atoms with van der Waals surface area (Å²) in [7, 11) is 0. The van der Waals surface area contributed by atoms with Gasteiger partial charge in [-0.1, -0.05) is 12.1 Å². The van der Waals surface area contributed by atoms with Crippen molar-refractivity contribution >= 4 is 17.6 Å². The summed E-state index contributed by atoms with van der Waals surface area (Å²) in [6, 6.07) is 9.95. The molecule has 166 valence electrons. The quantitative estimate of drug-likeness (QED) is 0.615. The molecule has 0 unspecified atom stereocenters. The van der Waals surface area contributed by atoms with Gasteiger partial charge in [-0.25, -0.2) is 4.98 Å². The molecule has 2 aliphatic heterocycles. The van der Waals surface area contributed by atoms with E-state index in [9.17, 15) is 8.78 Å². The molecule has 2 aliphatic rings. The summed E-state index contributed by atoms with van der Waals surface area (Å²) < 4.78 is 34.8. The van der Waals surface area contributed by atoms with E-state index in [0.717, 1.165) is 50.1 Å². The zero-order chi connectivity index (χ0) is 22.0. The smallest absolute Gasteiger partial charge is 0.387 e. The number of benzene rings is 1. The maximum absolute atomic E-state index is 12.3. The van der Waals surface area contributed by atoms with Crippen LogP contribution >= 0.6 is 0 Å². The first-order valence-electron chi connectivity index (χ1n) is 10.5. The molecule has 0 atom stereocenters. The minimum absolute atomic E-state index is 0.0756. The van der Waals surface area contributed by atoms with Gasteiger partial charge >= 0.3 is 6.61 Å². The standard InChI is InChI=1S/C22H22F2N6O2/c23-20(24)32-17-3-1-15(2-4-17)16-13-19(29-26-14-16)27-18-5-9-25-21(28-18)30-10-6-22(7-11-30)8-12-31-22/h1-5,9,13-14,20H,6-8,10-12H2,(H,25,27,28,29). The van der Waals surface area contributed by atoms with E-state index < -0.39 is 6.61 Å². The summed E-state index contributed by atoms with van der Waals surface area (Å²) in [6.07, 6.45) is 6.44. The average Bonchev–Trinajstić information content (AvgIpc) is 2.79. The molecule has 0 amide bonds. The van der Waals surface area contributed by atoms with Gasteiger partial charge in [0.25, 0.3) is 0 Å². The first-order chi connectivity index (χ1) is 15.6. The van der Waals surface area contributed by atoms with E-state index in [4.69, 9.17) is 4.74 Å². The molecule has 3 aromatic rings. The fourth-order valence-electron chi connectivity index (χ4n) is 4.02. The van der Waals surface area contributed by atoms with E-state index in [1.807, 2.05) is 6.07 Å². The molecule has 10 heteroatoms. The number of alkyl halides is 2. The van der Waals surface area contributed by atoms with Gasteiger partial charge in [-0.15, -0.1) is 5.10 Å². The molecule has 2 aromatic heterocycles. The third kappa shape index (κ3) is 4.45. The Morgan fingerprint density at radius 1 is 1.03 bits per heavy atom. The van der Waals surface area contributed by atoms with Crippen molar-refractivity contribution in [3.8, 4) is 16.9 Å². The molecule has 0 saturated carbocycles. The number of anilines is 3. The molecular weight excluding hydrogens is 418 g/mol. The van der Waals surface area contributed by atoms with Crippen LogP contribution in [0, 0.1) is 0 Å². The van der Waals surface area contributed by atoms with Gasteiger partial charge in [-0.05, 0) is 49.1 Å². The lowest BCUT2D eigenvalue weighted by Crippen LogP contribution is -2.52. The molecule has 0 radical (unpaired) electrons. The minimum atomic E-state index is -2.85. The Balaban J connectivity index is 1.27. The Morgan fingerprint density at radius 2 is 1.81 bits per heavy atom. The summed E-state index contributed by atoms with van der Waals surface area (Å²) >= 11 is 0. The molecule has 8 nitrogen and oxygen atoms in total. The van der Waals surface area contributed by atoms with Crippen LogP contribution < -0.4 is 15.0 Å². The second-order valence-electron chi connectivity index (χ2n) is 7.87. The highest BCUT2D eigenvalue weighted by Gasteiger charge is 2.41. The maximum atomic E-state index is 12.3. The Labute approximate surface area is 183 Å². The summed E-state index contributed by atoms with van der Waals surface area (Å²) in [5, 5.41) is 11.3. The van der Waals surface area contributed by atoms with Gasteiger partial charge in [0.05, 0.1) is 18.4 Å². The van der Waals surface area contributed by atoms with Gasteiger partial charge in [-0.3, -0.25) is 0 Å². The lowest BCUT2D eigenvalue weighted by atomic mass is 9.84. The number of nitrogens with zero attached hydrogens (tertiary/aromatic N) is 5. The van der Waals surface area contributed by atoms with Crippen LogP contribution in [0.2, 0.25) is 0 Å². The minimum Gasteiger partial charge on any atom is -0.435 e. The van der Waals surface area contributed by atoms with Crippen molar-refractivity contribution < 1.29 is 18.3 Å². The van der Waals surface area contributed by atoms with Crippen molar-refractivity contribution in [2.24, 2.45) is 0 Å². The zero-order valence-electron chi connectivity index (χ0n) is 17.2. The molecule has 5 rings (SSSR count). The van der Waals surface area contributed by atoms with Crippen molar-refractivity contribution in [3.05, 3.63) is 48.8 Å². The number of nitrogens with one attached hydrogen (secondary N) is 1. The van der Waals surface area contributed by atoms with Crippen molar-refractivity contribution in [3.63, 3.8) is 0 Å². The number of hydrogen-bond donors (Lipinski definition) is 1. The van der Waals surface area contributed by atoms with Crippen molar-refractivity contribution in [1.82, 2.24) is 20.2 Å². The highest BCUT2D eigenvalue weighted by molar-refractivity contribution is 5.67. The molecule has 4 heterocycles. The van der Waals surface area contributed by atoms with E-state index in [0.29, 0.717) is 17.6 Å². The van der Waals surface area contributed by atoms with Crippen LogP contribution in [0.15, 0.2) is 48.8 Å².